The van der Waals surface area contributed by atoms with Crippen LogP contribution >= 0.6 is 0 Å². The monoisotopic (exact) mass is 277 g/mol. The Labute approximate surface area is 117 Å². The molecule has 0 heterocycles. The van der Waals surface area contributed by atoms with Crippen molar-refractivity contribution < 1.29 is 14.7 Å². The van der Waals surface area contributed by atoms with Gasteiger partial charge in [-0.15, -0.1) is 0 Å². The third kappa shape index (κ3) is 3.20. The molecule has 1 aromatic carbocycles. The Hall–Kier alpha value is -2.24. The minimum absolute atomic E-state index is 0.0734. The molecule has 1 aliphatic rings. The highest BCUT2D eigenvalue weighted by Crippen LogP contribution is 2.30. The first-order valence-electron chi connectivity index (χ1n) is 6.57. The molecule has 1 aromatic rings. The minimum atomic E-state index is -0.0734. The van der Waals surface area contributed by atoms with E-state index in [1.807, 2.05) is 12.1 Å². The molecule has 0 unspecified atom stereocenters. The summed E-state index contributed by atoms with van der Waals surface area (Å²) < 4.78 is 5.23. The number of para-hydroxylation sites is 1. The van der Waals surface area contributed by atoms with Gasteiger partial charge >= 0.3 is 0 Å². The van der Waals surface area contributed by atoms with Crippen molar-refractivity contribution in [3.8, 4) is 5.75 Å². The predicted molar refractivity (Wildman–Crippen MR) is 75.1 cm³/mol. The van der Waals surface area contributed by atoms with Gasteiger partial charge in [0.15, 0.2) is 0 Å². The van der Waals surface area contributed by atoms with Gasteiger partial charge in [0.2, 0.25) is 0 Å². The molecule has 108 valence electrons. The van der Waals surface area contributed by atoms with Gasteiger partial charge in [-0.3, -0.25) is 4.79 Å². The molecule has 0 spiro atoms. The van der Waals surface area contributed by atoms with Gasteiger partial charge in [-0.05, 0) is 25.0 Å². The van der Waals surface area contributed by atoms with Crippen LogP contribution in [-0.4, -0.2) is 41.5 Å². The molecular weight excluding hydrogens is 258 g/mol. The van der Waals surface area contributed by atoms with Gasteiger partial charge in [-0.2, -0.15) is 0 Å². The van der Waals surface area contributed by atoms with Crippen LogP contribution in [0.5, 0.6) is 5.75 Å². The average Bonchev–Trinajstić information content (AvgIpc) is 3.31. The minimum Gasteiger partial charge on any atom is -0.496 e. The van der Waals surface area contributed by atoms with Crippen LogP contribution in [-0.2, 0) is 0 Å². The molecule has 20 heavy (non-hydrogen) atoms. The van der Waals surface area contributed by atoms with E-state index in [-0.39, 0.29) is 17.8 Å². The fraction of sp³-hybridized carbons (Fsp3) is 0.429. The molecular formula is C14H19N3O3. The maximum Gasteiger partial charge on any atom is 0.257 e. The van der Waals surface area contributed by atoms with E-state index in [4.69, 9.17) is 15.7 Å². The number of rotatable bonds is 6. The summed E-state index contributed by atoms with van der Waals surface area (Å²) in [6.45, 7) is 0.442. The van der Waals surface area contributed by atoms with Gasteiger partial charge in [0.05, 0.1) is 12.7 Å². The molecule has 1 fully saturated rings. The van der Waals surface area contributed by atoms with Crippen LogP contribution in [0.1, 0.15) is 29.6 Å². The second-order valence-corrected chi connectivity index (χ2v) is 4.77. The zero-order valence-electron chi connectivity index (χ0n) is 11.5. The maximum absolute atomic E-state index is 12.6. The van der Waals surface area contributed by atoms with E-state index in [9.17, 15) is 4.79 Å². The summed E-state index contributed by atoms with van der Waals surface area (Å²) in [5.41, 5.74) is 6.02. The van der Waals surface area contributed by atoms with E-state index in [1.165, 1.54) is 0 Å². The van der Waals surface area contributed by atoms with Crippen molar-refractivity contribution in [3.05, 3.63) is 29.8 Å². The third-order valence-corrected chi connectivity index (χ3v) is 3.32. The number of hydrogen-bond donors (Lipinski definition) is 2. The second-order valence-electron chi connectivity index (χ2n) is 4.77. The highest BCUT2D eigenvalue weighted by Gasteiger charge is 2.33. The fourth-order valence-corrected chi connectivity index (χ4v) is 2.10. The summed E-state index contributed by atoms with van der Waals surface area (Å²) in [5.74, 6) is 0.617. The largest absolute Gasteiger partial charge is 0.496 e. The number of carbonyl (C=O) groups excluding carboxylic acids is 1. The molecule has 0 radical (unpaired) electrons. The SMILES string of the molecule is COc1ccccc1C(=O)N(CCC(N)=NO)C1CC1. The quantitative estimate of drug-likeness (QED) is 0.356. The first-order chi connectivity index (χ1) is 9.67. The number of oxime groups is 1. The molecule has 6 nitrogen and oxygen atoms in total. The lowest BCUT2D eigenvalue weighted by Gasteiger charge is -2.23. The van der Waals surface area contributed by atoms with E-state index in [1.54, 1.807) is 24.1 Å². The molecule has 6 heteroatoms. The Morgan fingerprint density at radius 3 is 2.80 bits per heavy atom. The number of nitrogens with zero attached hydrogens (tertiary/aromatic N) is 2. The zero-order chi connectivity index (χ0) is 14.5. The summed E-state index contributed by atoms with van der Waals surface area (Å²) in [5, 5.41) is 11.5. The van der Waals surface area contributed by atoms with Crippen LogP contribution in [0.2, 0.25) is 0 Å². The number of hydrogen-bond acceptors (Lipinski definition) is 4. The second kappa shape index (κ2) is 6.27. The van der Waals surface area contributed by atoms with Crippen LogP contribution in [0.4, 0.5) is 0 Å². The fourth-order valence-electron chi connectivity index (χ4n) is 2.10. The molecule has 0 aromatic heterocycles. The van der Waals surface area contributed by atoms with Crippen LogP contribution in [0.25, 0.3) is 0 Å². The van der Waals surface area contributed by atoms with Crippen molar-refractivity contribution in [2.75, 3.05) is 13.7 Å². The average molecular weight is 277 g/mol. The number of amides is 1. The van der Waals surface area contributed by atoms with Crippen molar-refractivity contribution in [1.82, 2.24) is 4.90 Å². The van der Waals surface area contributed by atoms with E-state index in [0.29, 0.717) is 24.3 Å². The van der Waals surface area contributed by atoms with E-state index >= 15 is 0 Å². The van der Waals surface area contributed by atoms with Crippen LogP contribution < -0.4 is 10.5 Å². The third-order valence-electron chi connectivity index (χ3n) is 3.32. The van der Waals surface area contributed by atoms with Crippen LogP contribution in [0, 0.1) is 0 Å². The predicted octanol–water partition coefficient (Wildman–Crippen LogP) is 1.44. The van der Waals surface area contributed by atoms with Crippen LogP contribution in [0.3, 0.4) is 0 Å². The molecule has 2 rings (SSSR count). The topological polar surface area (TPSA) is 88.2 Å². The molecule has 0 saturated heterocycles. The Morgan fingerprint density at radius 1 is 1.50 bits per heavy atom. The van der Waals surface area contributed by atoms with Crippen molar-refractivity contribution in [2.45, 2.75) is 25.3 Å². The first kappa shape index (κ1) is 14.2. The lowest BCUT2D eigenvalue weighted by atomic mass is 10.1. The van der Waals surface area contributed by atoms with Crippen molar-refractivity contribution in [2.24, 2.45) is 10.9 Å². The number of carbonyl (C=O) groups is 1. The van der Waals surface area contributed by atoms with Gasteiger partial charge < -0.3 is 20.6 Å². The van der Waals surface area contributed by atoms with Crippen LogP contribution in [0.15, 0.2) is 29.4 Å². The first-order valence-corrected chi connectivity index (χ1v) is 6.57. The number of methoxy groups -OCH3 is 1. The number of ether oxygens (including phenoxy) is 1. The lowest BCUT2D eigenvalue weighted by Crippen LogP contribution is -2.36. The number of benzene rings is 1. The molecule has 3 N–H and O–H groups in total. The van der Waals surface area contributed by atoms with Crippen molar-refractivity contribution >= 4 is 11.7 Å². The van der Waals surface area contributed by atoms with Gasteiger partial charge in [0.25, 0.3) is 5.91 Å². The molecule has 1 aliphatic carbocycles. The molecule has 0 aliphatic heterocycles. The summed E-state index contributed by atoms with van der Waals surface area (Å²) in [6.07, 6.45) is 2.35. The van der Waals surface area contributed by atoms with Crippen molar-refractivity contribution in [3.63, 3.8) is 0 Å². The lowest BCUT2D eigenvalue weighted by molar-refractivity contribution is 0.0744. The Morgan fingerprint density at radius 2 is 2.20 bits per heavy atom. The Balaban J connectivity index is 2.14. The Bertz CT molecular complexity index is 512. The Kier molecular flexibility index (Phi) is 4.45. The number of nitrogens with two attached hydrogens (primary N) is 1. The highest BCUT2D eigenvalue weighted by molar-refractivity contribution is 5.97. The summed E-state index contributed by atoms with van der Waals surface area (Å²) >= 11 is 0. The van der Waals surface area contributed by atoms with E-state index in [2.05, 4.69) is 5.16 Å². The zero-order valence-corrected chi connectivity index (χ0v) is 11.5. The number of amidine groups is 1. The van der Waals surface area contributed by atoms with E-state index < -0.39 is 0 Å². The normalized spacial score (nSPS) is 14.9. The molecule has 0 bridgehead atoms. The van der Waals surface area contributed by atoms with Gasteiger partial charge in [-0.1, -0.05) is 17.3 Å². The highest BCUT2D eigenvalue weighted by atomic mass is 16.5. The van der Waals surface area contributed by atoms with E-state index in [0.717, 1.165) is 12.8 Å². The van der Waals surface area contributed by atoms with Gasteiger partial charge in [0.1, 0.15) is 11.6 Å². The van der Waals surface area contributed by atoms with Gasteiger partial charge in [-0.25, -0.2) is 0 Å². The maximum atomic E-state index is 12.6. The smallest absolute Gasteiger partial charge is 0.257 e. The molecule has 0 atom stereocenters. The summed E-state index contributed by atoms with van der Waals surface area (Å²) in [4.78, 5) is 14.4. The standard InChI is InChI=1S/C14H19N3O3/c1-20-12-5-3-2-4-11(12)14(18)17(10-6-7-10)9-8-13(15)16-19/h2-5,10,19H,6-9H2,1H3,(H2,15,16). The van der Waals surface area contributed by atoms with Crippen molar-refractivity contribution in [1.29, 1.82) is 0 Å². The van der Waals surface area contributed by atoms with Gasteiger partial charge in [0, 0.05) is 19.0 Å². The molecule has 1 amide bonds. The molecule has 1 saturated carbocycles. The summed E-state index contributed by atoms with van der Waals surface area (Å²) in [7, 11) is 1.55. The summed E-state index contributed by atoms with van der Waals surface area (Å²) in [6, 6.07) is 7.40.